The standard InChI is InChI=1S/C12H16BrNO/c1-7-5-9(10(13)6-8(7)2)12(3,4)11(14)15/h5-6H,1-4H3,(H2,14,15). The summed E-state index contributed by atoms with van der Waals surface area (Å²) in [4.78, 5) is 11.4. The van der Waals surface area contributed by atoms with Crippen LogP contribution in [0.5, 0.6) is 0 Å². The van der Waals surface area contributed by atoms with Crippen LogP contribution in [0.3, 0.4) is 0 Å². The van der Waals surface area contributed by atoms with Crippen LogP contribution in [0.2, 0.25) is 0 Å². The number of hydrogen-bond acceptors (Lipinski definition) is 1. The van der Waals surface area contributed by atoms with Crippen molar-refractivity contribution < 1.29 is 4.79 Å². The molecule has 0 bridgehead atoms. The number of rotatable bonds is 2. The first-order chi connectivity index (χ1) is 6.76. The number of benzene rings is 1. The van der Waals surface area contributed by atoms with E-state index in [1.807, 2.05) is 39.8 Å². The van der Waals surface area contributed by atoms with Crippen LogP contribution in [-0.4, -0.2) is 5.91 Å². The first kappa shape index (κ1) is 12.2. The molecule has 0 aromatic heterocycles. The highest BCUT2D eigenvalue weighted by atomic mass is 79.9. The van der Waals surface area contributed by atoms with E-state index in [4.69, 9.17) is 5.73 Å². The van der Waals surface area contributed by atoms with Gasteiger partial charge in [0.15, 0.2) is 0 Å². The summed E-state index contributed by atoms with van der Waals surface area (Å²) < 4.78 is 0.939. The van der Waals surface area contributed by atoms with Gasteiger partial charge in [-0.2, -0.15) is 0 Å². The van der Waals surface area contributed by atoms with Crippen LogP contribution >= 0.6 is 15.9 Å². The number of nitrogens with two attached hydrogens (primary N) is 1. The van der Waals surface area contributed by atoms with E-state index in [9.17, 15) is 4.79 Å². The van der Waals surface area contributed by atoms with Crippen molar-refractivity contribution >= 4 is 21.8 Å². The van der Waals surface area contributed by atoms with Crippen LogP contribution in [0.1, 0.15) is 30.5 Å². The molecule has 0 saturated carbocycles. The minimum absolute atomic E-state index is 0.313. The molecule has 0 atom stereocenters. The quantitative estimate of drug-likeness (QED) is 0.882. The molecule has 0 aliphatic rings. The lowest BCUT2D eigenvalue weighted by molar-refractivity contribution is -0.122. The molecular weight excluding hydrogens is 254 g/mol. The van der Waals surface area contributed by atoms with Crippen molar-refractivity contribution in [2.45, 2.75) is 33.1 Å². The number of primary amides is 1. The molecule has 0 saturated heterocycles. The molecular formula is C12H16BrNO. The summed E-state index contributed by atoms with van der Waals surface area (Å²) in [6.45, 7) is 7.75. The van der Waals surface area contributed by atoms with E-state index in [0.29, 0.717) is 0 Å². The third-order valence-corrected chi connectivity index (χ3v) is 3.53. The van der Waals surface area contributed by atoms with E-state index in [2.05, 4.69) is 15.9 Å². The van der Waals surface area contributed by atoms with Gasteiger partial charge in [0.05, 0.1) is 5.41 Å². The van der Waals surface area contributed by atoms with Gasteiger partial charge in [0, 0.05) is 4.47 Å². The smallest absolute Gasteiger partial charge is 0.227 e. The van der Waals surface area contributed by atoms with Crippen LogP contribution in [0.25, 0.3) is 0 Å². The van der Waals surface area contributed by atoms with Gasteiger partial charge in [-0.3, -0.25) is 4.79 Å². The van der Waals surface area contributed by atoms with Crippen molar-refractivity contribution in [2.75, 3.05) is 0 Å². The van der Waals surface area contributed by atoms with E-state index in [1.165, 1.54) is 11.1 Å². The monoisotopic (exact) mass is 269 g/mol. The molecule has 3 heteroatoms. The summed E-state index contributed by atoms with van der Waals surface area (Å²) in [5.74, 6) is -0.313. The molecule has 2 N–H and O–H groups in total. The summed E-state index contributed by atoms with van der Waals surface area (Å²) in [5, 5.41) is 0. The first-order valence-corrected chi connectivity index (χ1v) is 5.63. The summed E-state index contributed by atoms with van der Waals surface area (Å²) >= 11 is 3.48. The topological polar surface area (TPSA) is 43.1 Å². The third kappa shape index (κ3) is 2.23. The highest BCUT2D eigenvalue weighted by Crippen LogP contribution is 2.32. The van der Waals surface area contributed by atoms with Crippen molar-refractivity contribution in [2.24, 2.45) is 5.73 Å². The molecule has 0 fully saturated rings. The van der Waals surface area contributed by atoms with Crippen molar-refractivity contribution in [1.29, 1.82) is 0 Å². The molecule has 1 aromatic rings. The second-order valence-corrected chi connectivity index (χ2v) is 5.26. The number of hydrogen-bond donors (Lipinski definition) is 1. The highest BCUT2D eigenvalue weighted by molar-refractivity contribution is 9.10. The van der Waals surface area contributed by atoms with Crippen LogP contribution in [0, 0.1) is 13.8 Å². The Balaban J connectivity index is 3.38. The Kier molecular flexibility index (Phi) is 3.24. The molecule has 0 unspecified atom stereocenters. The number of carbonyl (C=O) groups excluding carboxylic acids is 1. The van der Waals surface area contributed by atoms with Gasteiger partial charge in [0.1, 0.15) is 0 Å². The van der Waals surface area contributed by atoms with Gasteiger partial charge in [-0.1, -0.05) is 22.0 Å². The maximum absolute atomic E-state index is 11.4. The number of halogens is 1. The number of carbonyl (C=O) groups is 1. The maximum atomic E-state index is 11.4. The fraction of sp³-hybridized carbons (Fsp3) is 0.417. The molecule has 1 rings (SSSR count). The lowest BCUT2D eigenvalue weighted by atomic mass is 9.83. The van der Waals surface area contributed by atoms with Gasteiger partial charge < -0.3 is 5.73 Å². The SMILES string of the molecule is Cc1cc(Br)c(C(C)(C)C(N)=O)cc1C. The van der Waals surface area contributed by atoms with Crippen molar-refractivity contribution in [3.63, 3.8) is 0 Å². The van der Waals surface area contributed by atoms with E-state index < -0.39 is 5.41 Å². The van der Waals surface area contributed by atoms with E-state index >= 15 is 0 Å². The first-order valence-electron chi connectivity index (χ1n) is 4.84. The Bertz CT molecular complexity index is 410. The molecule has 0 spiro atoms. The predicted molar refractivity (Wildman–Crippen MR) is 65.8 cm³/mol. The summed E-state index contributed by atoms with van der Waals surface area (Å²) in [6.07, 6.45) is 0. The van der Waals surface area contributed by atoms with Gasteiger partial charge >= 0.3 is 0 Å². The summed E-state index contributed by atoms with van der Waals surface area (Å²) in [6, 6.07) is 4.04. The van der Waals surface area contributed by atoms with Crippen LogP contribution in [0.4, 0.5) is 0 Å². The molecule has 1 aromatic carbocycles. The van der Waals surface area contributed by atoms with E-state index in [-0.39, 0.29) is 5.91 Å². The molecule has 82 valence electrons. The summed E-state index contributed by atoms with van der Waals surface area (Å²) in [5.41, 5.74) is 8.07. The Hall–Kier alpha value is -0.830. The second-order valence-electron chi connectivity index (χ2n) is 4.41. The Morgan fingerprint density at radius 1 is 1.27 bits per heavy atom. The molecule has 15 heavy (non-hydrogen) atoms. The molecule has 0 heterocycles. The van der Waals surface area contributed by atoms with Gasteiger partial charge in [0.2, 0.25) is 5.91 Å². The lowest BCUT2D eigenvalue weighted by Gasteiger charge is -2.23. The predicted octanol–water partition coefficient (Wildman–Crippen LogP) is 2.83. The fourth-order valence-electron chi connectivity index (χ4n) is 1.39. The molecule has 0 radical (unpaired) electrons. The average molecular weight is 270 g/mol. The molecule has 0 aliphatic heterocycles. The van der Waals surface area contributed by atoms with Gasteiger partial charge in [-0.05, 0) is 50.5 Å². The largest absolute Gasteiger partial charge is 0.369 e. The zero-order valence-corrected chi connectivity index (χ0v) is 11.1. The number of aryl methyl sites for hydroxylation is 2. The van der Waals surface area contributed by atoms with E-state index in [0.717, 1.165) is 10.0 Å². The highest BCUT2D eigenvalue weighted by Gasteiger charge is 2.29. The molecule has 1 amide bonds. The molecule has 2 nitrogen and oxygen atoms in total. The van der Waals surface area contributed by atoms with Crippen LogP contribution in [-0.2, 0) is 10.2 Å². The van der Waals surface area contributed by atoms with E-state index in [1.54, 1.807) is 0 Å². The van der Waals surface area contributed by atoms with Gasteiger partial charge in [-0.25, -0.2) is 0 Å². The zero-order valence-electron chi connectivity index (χ0n) is 9.52. The molecule has 0 aliphatic carbocycles. The fourth-order valence-corrected chi connectivity index (χ4v) is 2.35. The Morgan fingerprint density at radius 3 is 2.20 bits per heavy atom. The maximum Gasteiger partial charge on any atom is 0.227 e. The third-order valence-electron chi connectivity index (χ3n) is 2.87. The lowest BCUT2D eigenvalue weighted by Crippen LogP contribution is -2.35. The number of amides is 1. The minimum atomic E-state index is -0.642. The van der Waals surface area contributed by atoms with Gasteiger partial charge in [0.25, 0.3) is 0 Å². The van der Waals surface area contributed by atoms with Crippen molar-refractivity contribution in [3.05, 3.63) is 33.3 Å². The summed E-state index contributed by atoms with van der Waals surface area (Å²) in [7, 11) is 0. The second kappa shape index (κ2) is 3.97. The van der Waals surface area contributed by atoms with Crippen molar-refractivity contribution in [1.82, 2.24) is 0 Å². The zero-order chi connectivity index (χ0) is 11.8. The minimum Gasteiger partial charge on any atom is -0.369 e. The Labute approximate surface area is 99.0 Å². The van der Waals surface area contributed by atoms with Crippen LogP contribution < -0.4 is 5.73 Å². The van der Waals surface area contributed by atoms with Gasteiger partial charge in [-0.15, -0.1) is 0 Å². The van der Waals surface area contributed by atoms with Crippen LogP contribution in [0.15, 0.2) is 16.6 Å². The average Bonchev–Trinajstić information content (AvgIpc) is 2.10. The normalized spacial score (nSPS) is 11.5. The van der Waals surface area contributed by atoms with Crippen molar-refractivity contribution in [3.8, 4) is 0 Å². The Morgan fingerprint density at radius 2 is 1.73 bits per heavy atom.